The zero-order chi connectivity index (χ0) is 14.9. The Labute approximate surface area is 120 Å². The summed E-state index contributed by atoms with van der Waals surface area (Å²) < 4.78 is 1.92. The lowest BCUT2D eigenvalue weighted by atomic mass is 9.85. The highest BCUT2D eigenvalue weighted by atomic mass is 16.4. The molecule has 0 spiro atoms. The van der Waals surface area contributed by atoms with E-state index < -0.39 is 5.97 Å². The van der Waals surface area contributed by atoms with Gasteiger partial charge in [0.1, 0.15) is 0 Å². The Morgan fingerprint density at radius 1 is 1.35 bits per heavy atom. The molecule has 1 atom stereocenters. The molecule has 0 amide bonds. The number of aryl methyl sites for hydroxylation is 2. The van der Waals surface area contributed by atoms with Crippen LogP contribution < -0.4 is 5.32 Å². The van der Waals surface area contributed by atoms with E-state index in [4.69, 9.17) is 5.11 Å². The molecule has 1 fully saturated rings. The average molecular weight is 279 g/mol. The Kier molecular flexibility index (Phi) is 4.48. The maximum atomic E-state index is 11.0. The Balaban J connectivity index is 1.96. The van der Waals surface area contributed by atoms with Crippen LogP contribution in [0, 0.1) is 19.8 Å². The summed E-state index contributed by atoms with van der Waals surface area (Å²) in [6.07, 6.45) is 3.45. The van der Waals surface area contributed by atoms with Gasteiger partial charge in [0, 0.05) is 30.4 Å². The molecular weight excluding hydrogens is 254 g/mol. The Bertz CT molecular complexity index is 488. The zero-order valence-electron chi connectivity index (χ0n) is 12.8. The first-order chi connectivity index (χ1) is 9.40. The molecule has 0 aliphatic heterocycles. The molecule has 1 saturated carbocycles. The van der Waals surface area contributed by atoms with Gasteiger partial charge in [-0.05, 0) is 46.5 Å². The van der Waals surface area contributed by atoms with Gasteiger partial charge >= 0.3 is 5.97 Å². The molecular formula is C15H25N3O2. The number of aromatic nitrogens is 2. The predicted octanol–water partition coefficient (Wildman–Crippen LogP) is 2.33. The zero-order valence-corrected chi connectivity index (χ0v) is 12.8. The van der Waals surface area contributed by atoms with Gasteiger partial charge in [-0.25, -0.2) is 0 Å². The van der Waals surface area contributed by atoms with Crippen molar-refractivity contribution in [3.63, 3.8) is 0 Å². The van der Waals surface area contributed by atoms with Crippen molar-refractivity contribution in [2.24, 2.45) is 13.0 Å². The van der Waals surface area contributed by atoms with Gasteiger partial charge in [0.05, 0.1) is 11.6 Å². The number of aliphatic carboxylic acids is 1. The second kappa shape index (κ2) is 5.95. The van der Waals surface area contributed by atoms with Crippen molar-refractivity contribution < 1.29 is 9.90 Å². The molecule has 1 aliphatic rings. The number of carbonyl (C=O) groups is 1. The monoisotopic (exact) mass is 279 g/mol. The molecule has 2 N–H and O–H groups in total. The van der Waals surface area contributed by atoms with Crippen LogP contribution in [0.25, 0.3) is 0 Å². The van der Waals surface area contributed by atoms with Crippen LogP contribution >= 0.6 is 0 Å². The summed E-state index contributed by atoms with van der Waals surface area (Å²) >= 11 is 0. The molecule has 1 aliphatic carbocycles. The minimum Gasteiger partial charge on any atom is -0.481 e. The maximum absolute atomic E-state index is 11.0. The standard InChI is InChI=1S/C15H25N3O2/c1-9(14-10(2)17-18(4)11(14)3)16-13-7-5-12(6-8-13)15(19)20/h9,12-13,16H,5-8H2,1-4H3,(H,19,20). The number of nitrogens with zero attached hydrogens (tertiary/aromatic N) is 2. The second-order valence-electron chi connectivity index (χ2n) is 5.98. The topological polar surface area (TPSA) is 67.2 Å². The van der Waals surface area contributed by atoms with E-state index in [1.807, 2.05) is 18.7 Å². The quantitative estimate of drug-likeness (QED) is 0.887. The number of carboxylic acids is 1. The van der Waals surface area contributed by atoms with Crippen molar-refractivity contribution in [3.05, 3.63) is 17.0 Å². The summed E-state index contributed by atoms with van der Waals surface area (Å²) in [7, 11) is 1.97. The summed E-state index contributed by atoms with van der Waals surface area (Å²) in [6.45, 7) is 6.30. The molecule has 0 radical (unpaired) electrons. The van der Waals surface area contributed by atoms with Crippen molar-refractivity contribution >= 4 is 5.97 Å². The van der Waals surface area contributed by atoms with E-state index in [-0.39, 0.29) is 12.0 Å². The van der Waals surface area contributed by atoms with E-state index >= 15 is 0 Å². The van der Waals surface area contributed by atoms with Gasteiger partial charge in [-0.15, -0.1) is 0 Å². The third-order valence-electron chi connectivity index (χ3n) is 4.56. The van der Waals surface area contributed by atoms with E-state index in [9.17, 15) is 4.79 Å². The van der Waals surface area contributed by atoms with Crippen molar-refractivity contribution in [1.29, 1.82) is 0 Å². The molecule has 5 heteroatoms. The van der Waals surface area contributed by atoms with E-state index in [1.54, 1.807) is 0 Å². The number of hydrogen-bond acceptors (Lipinski definition) is 3. The lowest BCUT2D eigenvalue weighted by Gasteiger charge is -2.29. The fourth-order valence-corrected chi connectivity index (χ4v) is 3.36. The largest absolute Gasteiger partial charge is 0.481 e. The molecule has 0 bridgehead atoms. The summed E-state index contributed by atoms with van der Waals surface area (Å²) in [5.41, 5.74) is 3.54. The molecule has 20 heavy (non-hydrogen) atoms. The van der Waals surface area contributed by atoms with Crippen LogP contribution in [0.3, 0.4) is 0 Å². The SMILES string of the molecule is Cc1nn(C)c(C)c1C(C)NC1CCC(C(=O)O)CC1. The van der Waals surface area contributed by atoms with Gasteiger partial charge in [0.15, 0.2) is 0 Å². The highest BCUT2D eigenvalue weighted by Gasteiger charge is 2.27. The molecule has 1 heterocycles. The number of carboxylic acid groups (broad SMARTS) is 1. The Hall–Kier alpha value is -1.36. The molecule has 112 valence electrons. The van der Waals surface area contributed by atoms with Crippen LogP contribution in [-0.2, 0) is 11.8 Å². The van der Waals surface area contributed by atoms with Crippen LogP contribution in [0.5, 0.6) is 0 Å². The van der Waals surface area contributed by atoms with Gasteiger partial charge < -0.3 is 10.4 Å². The molecule has 0 aromatic carbocycles. The highest BCUT2D eigenvalue weighted by Crippen LogP contribution is 2.27. The lowest BCUT2D eigenvalue weighted by molar-refractivity contribution is -0.142. The molecule has 1 aromatic rings. The van der Waals surface area contributed by atoms with Gasteiger partial charge in [-0.3, -0.25) is 9.48 Å². The van der Waals surface area contributed by atoms with Gasteiger partial charge in [-0.2, -0.15) is 5.10 Å². The third-order valence-corrected chi connectivity index (χ3v) is 4.56. The van der Waals surface area contributed by atoms with Gasteiger partial charge in [-0.1, -0.05) is 0 Å². The van der Waals surface area contributed by atoms with Crippen molar-refractivity contribution in [2.45, 2.75) is 58.5 Å². The molecule has 0 saturated heterocycles. The molecule has 1 unspecified atom stereocenters. The normalized spacial score (nSPS) is 24.6. The van der Waals surface area contributed by atoms with Crippen LogP contribution in [0.2, 0.25) is 0 Å². The van der Waals surface area contributed by atoms with E-state index in [0.717, 1.165) is 31.4 Å². The summed E-state index contributed by atoms with van der Waals surface area (Å²) in [5.74, 6) is -0.791. The highest BCUT2D eigenvalue weighted by molar-refractivity contribution is 5.70. The van der Waals surface area contributed by atoms with Crippen molar-refractivity contribution in [2.75, 3.05) is 0 Å². The fraction of sp³-hybridized carbons (Fsp3) is 0.733. The summed E-state index contributed by atoms with van der Waals surface area (Å²) in [4.78, 5) is 11.0. The fourth-order valence-electron chi connectivity index (χ4n) is 3.36. The minimum atomic E-state index is -0.643. The van der Waals surface area contributed by atoms with Crippen LogP contribution in [-0.4, -0.2) is 26.9 Å². The Morgan fingerprint density at radius 2 is 1.95 bits per heavy atom. The Morgan fingerprint density at radius 3 is 2.40 bits per heavy atom. The van der Waals surface area contributed by atoms with Crippen molar-refractivity contribution in [3.8, 4) is 0 Å². The van der Waals surface area contributed by atoms with Crippen LogP contribution in [0.15, 0.2) is 0 Å². The van der Waals surface area contributed by atoms with Gasteiger partial charge in [0.2, 0.25) is 0 Å². The van der Waals surface area contributed by atoms with Crippen LogP contribution in [0.4, 0.5) is 0 Å². The lowest BCUT2D eigenvalue weighted by Crippen LogP contribution is -2.36. The minimum absolute atomic E-state index is 0.148. The van der Waals surface area contributed by atoms with E-state index in [2.05, 4.69) is 24.3 Å². The van der Waals surface area contributed by atoms with Crippen molar-refractivity contribution in [1.82, 2.24) is 15.1 Å². The first-order valence-electron chi connectivity index (χ1n) is 7.39. The number of hydrogen-bond donors (Lipinski definition) is 2. The van der Waals surface area contributed by atoms with Gasteiger partial charge in [0.25, 0.3) is 0 Å². The molecule has 5 nitrogen and oxygen atoms in total. The number of nitrogens with one attached hydrogen (secondary N) is 1. The van der Waals surface area contributed by atoms with Crippen LogP contribution in [0.1, 0.15) is 55.6 Å². The van der Waals surface area contributed by atoms with E-state index in [0.29, 0.717) is 6.04 Å². The predicted molar refractivity (Wildman–Crippen MR) is 77.6 cm³/mol. The molecule has 2 rings (SSSR count). The number of rotatable bonds is 4. The first-order valence-corrected chi connectivity index (χ1v) is 7.39. The third kappa shape index (κ3) is 3.03. The smallest absolute Gasteiger partial charge is 0.306 e. The van der Waals surface area contributed by atoms with E-state index in [1.165, 1.54) is 11.3 Å². The second-order valence-corrected chi connectivity index (χ2v) is 5.98. The summed E-state index contributed by atoms with van der Waals surface area (Å²) in [5, 5.41) is 17.1. The first kappa shape index (κ1) is 15.0. The maximum Gasteiger partial charge on any atom is 0.306 e. The summed E-state index contributed by atoms with van der Waals surface area (Å²) in [6, 6.07) is 0.676. The molecule has 1 aromatic heterocycles. The average Bonchev–Trinajstić information content (AvgIpc) is 2.63.